The molecule has 0 amide bonds. The van der Waals surface area contributed by atoms with Crippen LogP contribution in [0.2, 0.25) is 0 Å². The van der Waals surface area contributed by atoms with Gasteiger partial charge in [0.2, 0.25) is 0 Å². The van der Waals surface area contributed by atoms with Crippen LogP contribution in [0.5, 0.6) is 0 Å². The number of anilines is 1. The summed E-state index contributed by atoms with van der Waals surface area (Å²) in [6.45, 7) is 1.60. The maximum absolute atomic E-state index is 5.34. The summed E-state index contributed by atoms with van der Waals surface area (Å²) in [5.41, 5.74) is 2.54. The van der Waals surface area contributed by atoms with Crippen LogP contribution in [-0.4, -0.2) is 34.7 Å². The van der Waals surface area contributed by atoms with E-state index in [9.17, 15) is 0 Å². The van der Waals surface area contributed by atoms with Crippen molar-refractivity contribution in [3.05, 3.63) is 6.07 Å². The number of hydrogen-bond donors (Lipinski definition) is 2. The van der Waals surface area contributed by atoms with Crippen molar-refractivity contribution in [2.45, 2.75) is 15.4 Å². The lowest BCUT2D eigenvalue weighted by molar-refractivity contribution is 0.0454. The first-order chi connectivity index (χ1) is 7.31. The maximum Gasteiger partial charge on any atom is 0.190 e. The summed E-state index contributed by atoms with van der Waals surface area (Å²) < 4.78 is 5.11. The molecule has 0 saturated carbocycles. The van der Waals surface area contributed by atoms with Crippen LogP contribution >= 0.6 is 23.5 Å². The van der Waals surface area contributed by atoms with E-state index in [0.29, 0.717) is 11.1 Å². The Kier molecular flexibility index (Phi) is 3.68. The van der Waals surface area contributed by atoms with Gasteiger partial charge in [0.05, 0.1) is 18.5 Å². The molecule has 0 bridgehead atoms. The van der Waals surface area contributed by atoms with Crippen molar-refractivity contribution in [3.8, 4) is 0 Å². The van der Waals surface area contributed by atoms with Crippen LogP contribution in [0.1, 0.15) is 0 Å². The summed E-state index contributed by atoms with van der Waals surface area (Å²) in [4.78, 5) is 8.58. The third-order valence-corrected chi connectivity index (χ3v) is 3.51. The minimum Gasteiger partial charge on any atom is -0.379 e. The molecule has 1 aliphatic heterocycles. The molecule has 5 nitrogen and oxygen atoms in total. The van der Waals surface area contributed by atoms with Crippen LogP contribution in [0.15, 0.2) is 16.2 Å². The van der Waals surface area contributed by atoms with Crippen LogP contribution < -0.4 is 11.3 Å². The highest BCUT2D eigenvalue weighted by Gasteiger charge is 2.20. The Hall–Kier alpha value is -0.500. The topological polar surface area (TPSA) is 73.1 Å². The van der Waals surface area contributed by atoms with E-state index in [4.69, 9.17) is 10.6 Å². The number of hydrogen-bond acceptors (Lipinski definition) is 7. The average Bonchev–Trinajstić information content (AvgIpc) is 2.23. The highest BCUT2D eigenvalue weighted by molar-refractivity contribution is 8.00. The van der Waals surface area contributed by atoms with Gasteiger partial charge in [-0.3, -0.25) is 0 Å². The Labute approximate surface area is 96.5 Å². The van der Waals surface area contributed by atoms with Crippen molar-refractivity contribution in [2.24, 2.45) is 5.84 Å². The molecule has 0 aliphatic carbocycles. The maximum atomic E-state index is 5.34. The van der Waals surface area contributed by atoms with Crippen LogP contribution in [-0.2, 0) is 4.74 Å². The molecule has 2 rings (SSSR count). The van der Waals surface area contributed by atoms with Gasteiger partial charge in [0.1, 0.15) is 10.8 Å². The molecule has 1 fully saturated rings. The standard InChI is InChI=1S/C8H12N4OS2/c1-14-8-10-6(12-9)2-7(11-8)15-5-3-13-4-5/h2,5H,3-4,9H2,1H3,(H,10,11,12). The van der Waals surface area contributed by atoms with Gasteiger partial charge in [-0.25, -0.2) is 15.8 Å². The monoisotopic (exact) mass is 244 g/mol. The number of hydrazine groups is 1. The van der Waals surface area contributed by atoms with Crippen molar-refractivity contribution in [1.82, 2.24) is 9.97 Å². The quantitative estimate of drug-likeness (QED) is 0.269. The van der Waals surface area contributed by atoms with E-state index in [2.05, 4.69) is 15.4 Å². The number of nitrogens with zero attached hydrogens (tertiary/aromatic N) is 2. The Bertz CT molecular complexity index is 323. The first-order valence-electron chi connectivity index (χ1n) is 4.46. The van der Waals surface area contributed by atoms with E-state index >= 15 is 0 Å². The largest absolute Gasteiger partial charge is 0.379 e. The lowest BCUT2D eigenvalue weighted by atomic mass is 10.4. The second kappa shape index (κ2) is 5.02. The first-order valence-corrected chi connectivity index (χ1v) is 6.56. The molecule has 0 radical (unpaired) electrons. The molecule has 15 heavy (non-hydrogen) atoms. The normalized spacial score (nSPS) is 16.1. The van der Waals surface area contributed by atoms with Gasteiger partial charge < -0.3 is 10.2 Å². The van der Waals surface area contributed by atoms with E-state index in [1.807, 2.05) is 12.3 Å². The molecular formula is C8H12N4OS2. The fourth-order valence-corrected chi connectivity index (χ4v) is 2.51. The number of rotatable bonds is 4. The summed E-state index contributed by atoms with van der Waals surface area (Å²) in [5, 5.41) is 2.18. The van der Waals surface area contributed by atoms with Crippen molar-refractivity contribution in [1.29, 1.82) is 0 Å². The molecule has 1 aromatic rings. The predicted molar refractivity (Wildman–Crippen MR) is 62.1 cm³/mol. The van der Waals surface area contributed by atoms with Crippen LogP contribution in [0.4, 0.5) is 5.82 Å². The predicted octanol–water partition coefficient (Wildman–Crippen LogP) is 0.975. The lowest BCUT2D eigenvalue weighted by Gasteiger charge is -2.24. The summed E-state index contributed by atoms with van der Waals surface area (Å²) in [6, 6.07) is 1.85. The molecule has 0 spiro atoms. The Balaban J connectivity index is 2.13. The summed E-state index contributed by atoms with van der Waals surface area (Å²) in [6.07, 6.45) is 1.94. The van der Waals surface area contributed by atoms with Crippen LogP contribution in [0.25, 0.3) is 0 Å². The van der Waals surface area contributed by atoms with Gasteiger partial charge in [0, 0.05) is 6.07 Å². The minimum absolute atomic E-state index is 0.514. The third-order valence-electron chi connectivity index (χ3n) is 1.91. The second-order valence-corrected chi connectivity index (χ2v) is 5.09. The van der Waals surface area contributed by atoms with E-state index in [0.717, 1.165) is 23.4 Å². The molecule has 1 saturated heterocycles. The fraction of sp³-hybridized carbons (Fsp3) is 0.500. The van der Waals surface area contributed by atoms with Crippen molar-refractivity contribution < 1.29 is 4.74 Å². The van der Waals surface area contributed by atoms with Gasteiger partial charge in [-0.2, -0.15) is 0 Å². The molecule has 2 heterocycles. The van der Waals surface area contributed by atoms with Gasteiger partial charge in [-0.1, -0.05) is 23.5 Å². The van der Waals surface area contributed by atoms with Gasteiger partial charge in [0.15, 0.2) is 5.16 Å². The van der Waals surface area contributed by atoms with Crippen molar-refractivity contribution >= 4 is 29.3 Å². The first kappa shape index (κ1) is 11.0. The Morgan fingerprint density at radius 2 is 2.33 bits per heavy atom. The Morgan fingerprint density at radius 1 is 1.53 bits per heavy atom. The lowest BCUT2D eigenvalue weighted by Crippen LogP contribution is -2.30. The molecular weight excluding hydrogens is 232 g/mol. The number of nitrogens with two attached hydrogens (primary N) is 1. The molecule has 1 aromatic heterocycles. The zero-order valence-electron chi connectivity index (χ0n) is 8.27. The molecule has 82 valence electrons. The molecule has 3 N–H and O–H groups in total. The van der Waals surface area contributed by atoms with Gasteiger partial charge in [-0.15, -0.1) is 0 Å². The smallest absolute Gasteiger partial charge is 0.190 e. The molecule has 1 aliphatic rings. The zero-order valence-corrected chi connectivity index (χ0v) is 9.90. The molecule has 0 unspecified atom stereocenters. The molecule has 0 aromatic carbocycles. The summed E-state index contributed by atoms with van der Waals surface area (Å²) in [7, 11) is 0. The highest BCUT2D eigenvalue weighted by atomic mass is 32.2. The number of ether oxygens (including phenoxy) is 1. The summed E-state index contributed by atoms with van der Waals surface area (Å²) >= 11 is 3.21. The zero-order chi connectivity index (χ0) is 10.7. The average molecular weight is 244 g/mol. The van der Waals surface area contributed by atoms with E-state index in [-0.39, 0.29) is 0 Å². The van der Waals surface area contributed by atoms with Gasteiger partial charge >= 0.3 is 0 Å². The number of thioether (sulfide) groups is 2. The number of aromatic nitrogens is 2. The fourth-order valence-electron chi connectivity index (χ4n) is 1.08. The van der Waals surface area contributed by atoms with Crippen molar-refractivity contribution in [3.63, 3.8) is 0 Å². The highest BCUT2D eigenvalue weighted by Crippen LogP contribution is 2.28. The van der Waals surface area contributed by atoms with Crippen LogP contribution in [0.3, 0.4) is 0 Å². The van der Waals surface area contributed by atoms with E-state index < -0.39 is 0 Å². The summed E-state index contributed by atoms with van der Waals surface area (Å²) in [5.74, 6) is 5.99. The minimum atomic E-state index is 0.514. The molecule has 7 heteroatoms. The number of nitrogens with one attached hydrogen (secondary N) is 1. The van der Waals surface area contributed by atoms with E-state index in [1.54, 1.807) is 11.8 Å². The van der Waals surface area contributed by atoms with Crippen molar-refractivity contribution in [2.75, 3.05) is 24.9 Å². The molecule has 0 atom stereocenters. The SMILES string of the molecule is CSc1nc(NN)cc(SC2COC2)n1. The van der Waals surface area contributed by atoms with Gasteiger partial charge in [-0.05, 0) is 6.26 Å². The Morgan fingerprint density at radius 3 is 2.87 bits per heavy atom. The van der Waals surface area contributed by atoms with Crippen LogP contribution in [0, 0.1) is 0 Å². The second-order valence-electron chi connectivity index (χ2n) is 3.00. The van der Waals surface area contributed by atoms with Gasteiger partial charge in [0.25, 0.3) is 0 Å². The number of nitrogen functional groups attached to an aromatic ring is 1. The third kappa shape index (κ3) is 2.75. The van der Waals surface area contributed by atoms with E-state index in [1.165, 1.54) is 11.8 Å².